The highest BCUT2D eigenvalue weighted by molar-refractivity contribution is 7.21. The molecule has 0 saturated carbocycles. The van der Waals surface area contributed by atoms with Crippen LogP contribution in [0.3, 0.4) is 0 Å². The van der Waals surface area contributed by atoms with Crippen molar-refractivity contribution in [2.45, 2.75) is 13.8 Å². The average Bonchev–Trinajstić information content (AvgIpc) is 2.69. The molecule has 5 heteroatoms. The third-order valence-corrected chi connectivity index (χ3v) is 4.80. The lowest BCUT2D eigenvalue weighted by Gasteiger charge is -2.17. The van der Waals surface area contributed by atoms with Gasteiger partial charge in [-0.2, -0.15) is 0 Å². The highest BCUT2D eigenvalue weighted by atomic mass is 35.5. The molecule has 0 bridgehead atoms. The number of benzene rings is 1. The number of rotatable bonds is 3. The van der Waals surface area contributed by atoms with E-state index in [1.54, 1.807) is 11.0 Å². The molecule has 2 rings (SSSR count). The van der Waals surface area contributed by atoms with Crippen LogP contribution in [0.15, 0.2) is 18.2 Å². The Morgan fingerprint density at radius 1 is 1.28 bits per heavy atom. The molecule has 2 aromatic rings. The first kappa shape index (κ1) is 13.7. The molecule has 0 radical (unpaired) electrons. The van der Waals surface area contributed by atoms with Gasteiger partial charge in [-0.05, 0) is 26.0 Å². The third-order valence-electron chi connectivity index (χ3n) is 2.85. The SMILES string of the molecule is CCN(CC)C(=O)c1sc2cccc(Cl)c2c1Cl. The zero-order chi connectivity index (χ0) is 13.3. The predicted molar refractivity (Wildman–Crippen MR) is 79.1 cm³/mol. The second-order valence-corrected chi connectivity index (χ2v) is 5.67. The maximum absolute atomic E-state index is 12.3. The van der Waals surface area contributed by atoms with Crippen LogP contribution in [0.4, 0.5) is 0 Å². The number of thiophene rings is 1. The van der Waals surface area contributed by atoms with Gasteiger partial charge in [-0.25, -0.2) is 0 Å². The van der Waals surface area contributed by atoms with Crippen molar-refractivity contribution in [3.8, 4) is 0 Å². The second kappa shape index (κ2) is 5.47. The molecule has 2 nitrogen and oxygen atoms in total. The fourth-order valence-electron chi connectivity index (χ4n) is 1.86. The Morgan fingerprint density at radius 2 is 1.94 bits per heavy atom. The lowest BCUT2D eigenvalue weighted by atomic mass is 10.2. The second-order valence-electron chi connectivity index (χ2n) is 3.84. The topological polar surface area (TPSA) is 20.3 Å². The van der Waals surface area contributed by atoms with E-state index in [2.05, 4.69) is 0 Å². The van der Waals surface area contributed by atoms with Gasteiger partial charge < -0.3 is 4.90 Å². The van der Waals surface area contributed by atoms with Gasteiger partial charge in [0.1, 0.15) is 4.88 Å². The minimum absolute atomic E-state index is 0.0257. The van der Waals surface area contributed by atoms with Crippen molar-refractivity contribution in [1.29, 1.82) is 0 Å². The molecule has 1 aromatic carbocycles. The van der Waals surface area contributed by atoms with Crippen molar-refractivity contribution in [2.75, 3.05) is 13.1 Å². The van der Waals surface area contributed by atoms with E-state index in [-0.39, 0.29) is 5.91 Å². The Kier molecular flexibility index (Phi) is 4.15. The number of nitrogens with zero attached hydrogens (tertiary/aromatic N) is 1. The molecular formula is C13H13Cl2NOS. The summed E-state index contributed by atoms with van der Waals surface area (Å²) in [4.78, 5) is 14.6. The minimum Gasteiger partial charge on any atom is -0.338 e. The molecule has 0 aliphatic heterocycles. The number of carbonyl (C=O) groups is 1. The summed E-state index contributed by atoms with van der Waals surface area (Å²) in [7, 11) is 0. The van der Waals surface area contributed by atoms with Crippen LogP contribution in [0.2, 0.25) is 10.0 Å². The van der Waals surface area contributed by atoms with E-state index < -0.39 is 0 Å². The zero-order valence-corrected chi connectivity index (χ0v) is 12.5. The summed E-state index contributed by atoms with van der Waals surface area (Å²) in [6.07, 6.45) is 0. The molecule has 1 amide bonds. The van der Waals surface area contributed by atoms with E-state index in [4.69, 9.17) is 23.2 Å². The van der Waals surface area contributed by atoms with Crippen molar-refractivity contribution >= 4 is 50.5 Å². The Balaban J connectivity index is 2.56. The van der Waals surface area contributed by atoms with Gasteiger partial charge in [-0.15, -0.1) is 11.3 Å². The Morgan fingerprint density at radius 3 is 2.50 bits per heavy atom. The van der Waals surface area contributed by atoms with Crippen molar-refractivity contribution in [3.05, 3.63) is 33.1 Å². The van der Waals surface area contributed by atoms with Crippen molar-refractivity contribution in [2.24, 2.45) is 0 Å². The van der Waals surface area contributed by atoms with E-state index in [9.17, 15) is 4.79 Å². The molecule has 0 aliphatic carbocycles. The van der Waals surface area contributed by atoms with Gasteiger partial charge in [-0.1, -0.05) is 29.3 Å². The van der Waals surface area contributed by atoms with Crippen molar-refractivity contribution < 1.29 is 4.79 Å². The normalized spacial score (nSPS) is 10.9. The van der Waals surface area contributed by atoms with E-state index in [1.807, 2.05) is 26.0 Å². The number of hydrogen-bond donors (Lipinski definition) is 0. The first-order valence-corrected chi connectivity index (χ1v) is 7.33. The fraction of sp³-hybridized carbons (Fsp3) is 0.308. The Labute approximate surface area is 120 Å². The summed E-state index contributed by atoms with van der Waals surface area (Å²) >= 11 is 13.8. The maximum atomic E-state index is 12.3. The van der Waals surface area contributed by atoms with Crippen LogP contribution in [-0.2, 0) is 0 Å². The summed E-state index contributed by atoms with van der Waals surface area (Å²) in [5.41, 5.74) is 0. The van der Waals surface area contributed by atoms with Gasteiger partial charge in [-0.3, -0.25) is 4.79 Å². The van der Waals surface area contributed by atoms with E-state index >= 15 is 0 Å². The predicted octanol–water partition coefficient (Wildman–Crippen LogP) is 4.69. The Bertz CT molecular complexity index is 590. The number of fused-ring (bicyclic) bond motifs is 1. The van der Waals surface area contributed by atoms with Crippen LogP contribution >= 0.6 is 34.5 Å². The molecule has 1 heterocycles. The molecule has 0 unspecified atom stereocenters. The Hall–Kier alpha value is -0.770. The first-order chi connectivity index (χ1) is 8.60. The largest absolute Gasteiger partial charge is 0.338 e. The molecule has 96 valence electrons. The summed E-state index contributed by atoms with van der Waals surface area (Å²) < 4.78 is 0.947. The standard InChI is InChI=1S/C13H13Cl2NOS/c1-3-16(4-2)13(17)12-11(15)10-8(14)6-5-7-9(10)18-12/h5-7H,3-4H2,1-2H3. The van der Waals surface area contributed by atoms with Gasteiger partial charge in [0.15, 0.2) is 0 Å². The summed E-state index contributed by atoms with van der Waals surface area (Å²) in [5.74, 6) is -0.0257. The van der Waals surface area contributed by atoms with Gasteiger partial charge in [0.2, 0.25) is 0 Å². The minimum atomic E-state index is -0.0257. The molecule has 0 N–H and O–H groups in total. The first-order valence-electron chi connectivity index (χ1n) is 5.75. The molecule has 0 saturated heterocycles. The molecule has 0 spiro atoms. The highest BCUT2D eigenvalue weighted by Gasteiger charge is 2.21. The molecule has 18 heavy (non-hydrogen) atoms. The van der Waals surface area contributed by atoms with Crippen molar-refractivity contribution in [3.63, 3.8) is 0 Å². The maximum Gasteiger partial charge on any atom is 0.265 e. The monoisotopic (exact) mass is 301 g/mol. The summed E-state index contributed by atoms with van der Waals surface area (Å²) in [6.45, 7) is 5.26. The van der Waals surface area contributed by atoms with Crippen LogP contribution < -0.4 is 0 Å². The molecule has 0 atom stereocenters. The van der Waals surface area contributed by atoms with E-state index in [0.29, 0.717) is 28.0 Å². The van der Waals surface area contributed by atoms with Crippen molar-refractivity contribution in [1.82, 2.24) is 4.90 Å². The van der Waals surface area contributed by atoms with E-state index in [1.165, 1.54) is 11.3 Å². The molecular weight excluding hydrogens is 289 g/mol. The van der Waals surface area contributed by atoms with Gasteiger partial charge in [0, 0.05) is 23.2 Å². The number of carbonyl (C=O) groups excluding carboxylic acids is 1. The summed E-state index contributed by atoms with van der Waals surface area (Å²) in [6, 6.07) is 5.58. The molecule has 0 aliphatic rings. The van der Waals surface area contributed by atoms with Crippen LogP contribution in [0.25, 0.3) is 10.1 Å². The van der Waals surface area contributed by atoms with Gasteiger partial charge >= 0.3 is 0 Å². The van der Waals surface area contributed by atoms with Gasteiger partial charge in [0.25, 0.3) is 5.91 Å². The van der Waals surface area contributed by atoms with Crippen LogP contribution in [0, 0.1) is 0 Å². The molecule has 0 fully saturated rings. The number of amides is 1. The quantitative estimate of drug-likeness (QED) is 0.805. The lowest BCUT2D eigenvalue weighted by molar-refractivity contribution is 0.0778. The highest BCUT2D eigenvalue weighted by Crippen LogP contribution is 2.39. The lowest BCUT2D eigenvalue weighted by Crippen LogP contribution is -2.29. The van der Waals surface area contributed by atoms with Crippen LogP contribution in [0.1, 0.15) is 23.5 Å². The van der Waals surface area contributed by atoms with Gasteiger partial charge in [0.05, 0.1) is 10.0 Å². The van der Waals surface area contributed by atoms with Crippen LogP contribution in [0.5, 0.6) is 0 Å². The smallest absolute Gasteiger partial charge is 0.265 e. The summed E-state index contributed by atoms with van der Waals surface area (Å²) in [5, 5.41) is 1.84. The average molecular weight is 302 g/mol. The zero-order valence-electron chi connectivity index (χ0n) is 10.2. The number of halogens is 2. The number of hydrogen-bond acceptors (Lipinski definition) is 2. The van der Waals surface area contributed by atoms with E-state index in [0.717, 1.165) is 10.1 Å². The van der Waals surface area contributed by atoms with Crippen LogP contribution in [-0.4, -0.2) is 23.9 Å². The fourth-order valence-corrected chi connectivity index (χ4v) is 3.78. The molecule has 1 aromatic heterocycles. The third kappa shape index (κ3) is 2.22.